The molecule has 68 valence electrons. The first kappa shape index (κ1) is 10.6. The highest BCUT2D eigenvalue weighted by Gasteiger charge is 1.97. The van der Waals surface area contributed by atoms with Gasteiger partial charge in [-0.05, 0) is 53.2 Å². The summed E-state index contributed by atoms with van der Waals surface area (Å²) in [5.41, 5.74) is 5.40. The van der Waals surface area contributed by atoms with E-state index in [0.717, 1.165) is 13.0 Å². The fourth-order valence-electron chi connectivity index (χ4n) is 0.794. The van der Waals surface area contributed by atoms with Crippen molar-refractivity contribution < 1.29 is 0 Å². The minimum Gasteiger partial charge on any atom is -0.330 e. The van der Waals surface area contributed by atoms with Crippen molar-refractivity contribution in [2.24, 2.45) is 5.73 Å². The monoisotopic (exact) mass is 265 g/mol. The molecule has 0 spiro atoms. The Bertz CT molecular complexity index is 225. The third kappa shape index (κ3) is 3.94. The minimum atomic E-state index is 0.814. The van der Waals surface area contributed by atoms with E-state index in [1.54, 1.807) is 11.3 Å². The van der Waals surface area contributed by atoms with Gasteiger partial charge in [0.25, 0.3) is 0 Å². The van der Waals surface area contributed by atoms with Crippen molar-refractivity contribution >= 4 is 39.0 Å². The van der Waals surface area contributed by atoms with Gasteiger partial charge in [0.15, 0.2) is 0 Å². The van der Waals surface area contributed by atoms with Gasteiger partial charge in [-0.2, -0.15) is 0 Å². The molecule has 1 heterocycles. The molecule has 0 amide bonds. The van der Waals surface area contributed by atoms with Crippen LogP contribution in [0.15, 0.2) is 20.1 Å². The standard InChI is InChI=1S/C8H12BrNS2/c9-7-3-4-8(12-7)11-6-2-1-5-10/h3-4H,1-2,5-6,10H2. The summed E-state index contributed by atoms with van der Waals surface area (Å²) in [7, 11) is 0. The van der Waals surface area contributed by atoms with Gasteiger partial charge in [0.1, 0.15) is 0 Å². The third-order valence-electron chi connectivity index (χ3n) is 1.39. The van der Waals surface area contributed by atoms with Gasteiger partial charge in [-0.1, -0.05) is 0 Å². The van der Waals surface area contributed by atoms with Crippen LogP contribution in [0.5, 0.6) is 0 Å². The molecule has 4 heteroatoms. The lowest BCUT2D eigenvalue weighted by atomic mass is 10.3. The van der Waals surface area contributed by atoms with Crippen molar-refractivity contribution in [3.05, 3.63) is 15.9 Å². The van der Waals surface area contributed by atoms with Gasteiger partial charge in [-0.3, -0.25) is 0 Å². The van der Waals surface area contributed by atoms with Crippen LogP contribution in [0.4, 0.5) is 0 Å². The summed E-state index contributed by atoms with van der Waals surface area (Å²) < 4.78 is 2.60. The largest absolute Gasteiger partial charge is 0.330 e. The summed E-state index contributed by atoms with van der Waals surface area (Å²) in [5.74, 6) is 1.18. The zero-order valence-corrected chi connectivity index (χ0v) is 9.97. The fourth-order valence-corrected chi connectivity index (χ4v) is 3.70. The molecule has 1 aromatic heterocycles. The average molecular weight is 266 g/mol. The van der Waals surface area contributed by atoms with E-state index in [0.29, 0.717) is 0 Å². The van der Waals surface area contributed by atoms with E-state index < -0.39 is 0 Å². The maximum absolute atomic E-state index is 5.40. The van der Waals surface area contributed by atoms with Crippen LogP contribution >= 0.6 is 39.0 Å². The molecule has 0 unspecified atom stereocenters. The zero-order valence-electron chi connectivity index (χ0n) is 6.75. The Kier molecular flexibility index (Phi) is 5.30. The summed E-state index contributed by atoms with van der Waals surface area (Å²) in [6, 6.07) is 4.25. The predicted octanol–water partition coefficient (Wildman–Crippen LogP) is 3.34. The minimum absolute atomic E-state index is 0.814. The number of rotatable bonds is 5. The van der Waals surface area contributed by atoms with Crippen LogP contribution in [0.25, 0.3) is 0 Å². The number of unbranched alkanes of at least 4 members (excludes halogenated alkanes) is 1. The molecule has 0 aliphatic heterocycles. The maximum Gasteiger partial charge on any atom is 0.0710 e. The van der Waals surface area contributed by atoms with Gasteiger partial charge in [0.05, 0.1) is 8.00 Å². The topological polar surface area (TPSA) is 26.0 Å². The molecule has 1 nitrogen and oxygen atoms in total. The first-order valence-electron chi connectivity index (χ1n) is 3.91. The van der Waals surface area contributed by atoms with E-state index in [-0.39, 0.29) is 0 Å². The Morgan fingerprint density at radius 3 is 2.83 bits per heavy atom. The second-order valence-corrected chi connectivity index (χ2v) is 6.26. The molecule has 1 aromatic rings. The summed E-state index contributed by atoms with van der Waals surface area (Å²) in [5, 5.41) is 0. The molecule has 0 bridgehead atoms. The Labute approximate surface area is 89.9 Å². The summed E-state index contributed by atoms with van der Waals surface area (Å²) in [6.45, 7) is 0.814. The number of hydrogen-bond acceptors (Lipinski definition) is 3. The van der Waals surface area contributed by atoms with Crippen molar-refractivity contribution in [3.63, 3.8) is 0 Å². The Hall–Kier alpha value is 0.490. The molecule has 0 aliphatic carbocycles. The lowest BCUT2D eigenvalue weighted by molar-refractivity contribution is 0.815. The molecule has 2 N–H and O–H groups in total. The molecule has 0 saturated heterocycles. The fraction of sp³-hybridized carbons (Fsp3) is 0.500. The van der Waals surface area contributed by atoms with Gasteiger partial charge >= 0.3 is 0 Å². The molecule has 1 rings (SSSR count). The molecule has 12 heavy (non-hydrogen) atoms. The SMILES string of the molecule is NCCCCSc1ccc(Br)s1. The second-order valence-electron chi connectivity index (χ2n) is 2.40. The number of nitrogens with two attached hydrogens (primary N) is 1. The summed E-state index contributed by atoms with van der Waals surface area (Å²) in [6.07, 6.45) is 2.36. The van der Waals surface area contributed by atoms with Crippen LogP contribution in [-0.4, -0.2) is 12.3 Å². The summed E-state index contributed by atoms with van der Waals surface area (Å²) >= 11 is 7.15. The molecule has 0 radical (unpaired) electrons. The molecular weight excluding hydrogens is 254 g/mol. The van der Waals surface area contributed by atoms with E-state index in [9.17, 15) is 0 Å². The van der Waals surface area contributed by atoms with E-state index in [1.807, 2.05) is 11.8 Å². The number of hydrogen-bond donors (Lipinski definition) is 1. The summed E-state index contributed by atoms with van der Waals surface area (Å²) in [4.78, 5) is 0. The third-order valence-corrected chi connectivity index (χ3v) is 4.33. The normalized spacial score (nSPS) is 10.5. The second kappa shape index (κ2) is 6.02. The van der Waals surface area contributed by atoms with Crippen LogP contribution in [0.3, 0.4) is 0 Å². The van der Waals surface area contributed by atoms with Crippen molar-refractivity contribution in [2.75, 3.05) is 12.3 Å². The quantitative estimate of drug-likeness (QED) is 0.653. The maximum atomic E-state index is 5.40. The average Bonchev–Trinajstić information content (AvgIpc) is 2.45. The first-order chi connectivity index (χ1) is 5.83. The van der Waals surface area contributed by atoms with Crippen LogP contribution < -0.4 is 5.73 Å². The van der Waals surface area contributed by atoms with Gasteiger partial charge < -0.3 is 5.73 Å². The van der Waals surface area contributed by atoms with Crippen molar-refractivity contribution in [2.45, 2.75) is 17.1 Å². The number of halogens is 1. The van der Waals surface area contributed by atoms with Gasteiger partial charge in [-0.25, -0.2) is 0 Å². The van der Waals surface area contributed by atoms with Gasteiger partial charge in [0, 0.05) is 0 Å². The molecule has 0 aliphatic rings. The highest BCUT2D eigenvalue weighted by Crippen LogP contribution is 2.30. The van der Waals surface area contributed by atoms with Crippen molar-refractivity contribution in [1.82, 2.24) is 0 Å². The van der Waals surface area contributed by atoms with E-state index in [2.05, 4.69) is 28.1 Å². The van der Waals surface area contributed by atoms with Crippen LogP contribution in [0.2, 0.25) is 0 Å². The predicted molar refractivity (Wildman–Crippen MR) is 61.0 cm³/mol. The van der Waals surface area contributed by atoms with Gasteiger partial charge in [-0.15, -0.1) is 23.1 Å². The van der Waals surface area contributed by atoms with E-state index in [1.165, 1.54) is 20.2 Å². The Morgan fingerprint density at radius 1 is 1.42 bits per heavy atom. The Balaban J connectivity index is 2.15. The molecule has 0 saturated carbocycles. The van der Waals surface area contributed by atoms with Crippen molar-refractivity contribution in [1.29, 1.82) is 0 Å². The Morgan fingerprint density at radius 2 is 2.25 bits per heavy atom. The highest BCUT2D eigenvalue weighted by molar-refractivity contribution is 9.11. The first-order valence-corrected chi connectivity index (χ1v) is 6.50. The molecular formula is C8H12BrNS2. The molecule has 0 aromatic carbocycles. The lowest BCUT2D eigenvalue weighted by Crippen LogP contribution is -1.98. The van der Waals surface area contributed by atoms with E-state index in [4.69, 9.17) is 5.73 Å². The highest BCUT2D eigenvalue weighted by atomic mass is 79.9. The van der Waals surface area contributed by atoms with E-state index >= 15 is 0 Å². The number of thioether (sulfide) groups is 1. The lowest BCUT2D eigenvalue weighted by Gasteiger charge is -1.95. The van der Waals surface area contributed by atoms with Gasteiger partial charge in [0.2, 0.25) is 0 Å². The van der Waals surface area contributed by atoms with Crippen molar-refractivity contribution in [3.8, 4) is 0 Å². The molecule has 0 fully saturated rings. The van der Waals surface area contributed by atoms with Crippen LogP contribution in [-0.2, 0) is 0 Å². The van der Waals surface area contributed by atoms with Crippen LogP contribution in [0.1, 0.15) is 12.8 Å². The smallest absolute Gasteiger partial charge is 0.0710 e. The zero-order chi connectivity index (χ0) is 8.81. The number of thiophene rings is 1. The van der Waals surface area contributed by atoms with Crippen LogP contribution in [0, 0.1) is 0 Å². The molecule has 0 atom stereocenters.